The topological polar surface area (TPSA) is 47.6 Å². The number of rotatable bonds is 6. The van der Waals surface area contributed by atoms with Crippen molar-refractivity contribution in [1.82, 2.24) is 0 Å². The molecular weight excluding hydrogens is 421 g/mol. The van der Waals surface area contributed by atoms with Crippen molar-refractivity contribution >= 4 is 46.4 Å². The van der Waals surface area contributed by atoms with Crippen LogP contribution < -0.4 is 14.8 Å². The Hall–Kier alpha value is -2.40. The lowest BCUT2D eigenvalue weighted by Gasteiger charge is -2.14. The van der Waals surface area contributed by atoms with Gasteiger partial charge in [-0.2, -0.15) is 0 Å². The van der Waals surface area contributed by atoms with E-state index >= 15 is 0 Å². The Kier molecular flexibility index (Phi) is 6.68. The van der Waals surface area contributed by atoms with E-state index in [4.69, 9.17) is 44.3 Å². The molecule has 0 saturated carbocycles. The van der Waals surface area contributed by atoms with Crippen LogP contribution >= 0.6 is 34.8 Å². The summed E-state index contributed by atoms with van der Waals surface area (Å²) in [5.41, 5.74) is 1.67. The van der Waals surface area contributed by atoms with Crippen molar-refractivity contribution in [3.05, 3.63) is 86.9 Å². The molecule has 0 bridgehead atoms. The van der Waals surface area contributed by atoms with Gasteiger partial charge in [0.15, 0.2) is 11.5 Å². The van der Waals surface area contributed by atoms with E-state index < -0.39 is 5.91 Å². The van der Waals surface area contributed by atoms with Crippen LogP contribution in [0.5, 0.6) is 11.5 Å². The molecule has 0 unspecified atom stereocenters. The van der Waals surface area contributed by atoms with Gasteiger partial charge in [-0.05, 0) is 29.8 Å². The van der Waals surface area contributed by atoms with Gasteiger partial charge in [-0.3, -0.25) is 4.79 Å². The van der Waals surface area contributed by atoms with Crippen molar-refractivity contribution in [2.45, 2.75) is 6.61 Å². The van der Waals surface area contributed by atoms with Crippen molar-refractivity contribution in [1.29, 1.82) is 0 Å². The van der Waals surface area contributed by atoms with Crippen molar-refractivity contribution in [3.8, 4) is 11.5 Å². The van der Waals surface area contributed by atoms with E-state index in [0.29, 0.717) is 34.4 Å². The minimum atomic E-state index is -0.404. The third-order valence-electron chi connectivity index (χ3n) is 3.91. The van der Waals surface area contributed by atoms with E-state index in [0.717, 1.165) is 5.56 Å². The zero-order valence-electron chi connectivity index (χ0n) is 14.8. The van der Waals surface area contributed by atoms with E-state index in [9.17, 15) is 4.79 Å². The smallest absolute Gasteiger partial charge is 0.255 e. The van der Waals surface area contributed by atoms with Gasteiger partial charge in [0.1, 0.15) is 6.61 Å². The van der Waals surface area contributed by atoms with E-state index in [1.54, 1.807) is 24.3 Å². The number of ether oxygens (including phenoxy) is 2. The Balaban J connectivity index is 1.85. The summed E-state index contributed by atoms with van der Waals surface area (Å²) in [6, 6.07) is 17.7. The number of hydrogen-bond donors (Lipinski definition) is 1. The lowest BCUT2D eigenvalue weighted by atomic mass is 10.1. The Morgan fingerprint density at radius 1 is 0.964 bits per heavy atom. The van der Waals surface area contributed by atoms with Crippen LogP contribution in [0.1, 0.15) is 15.9 Å². The van der Waals surface area contributed by atoms with Gasteiger partial charge in [0, 0.05) is 5.56 Å². The quantitative estimate of drug-likeness (QED) is 0.480. The highest BCUT2D eigenvalue weighted by Gasteiger charge is 2.17. The lowest BCUT2D eigenvalue weighted by Crippen LogP contribution is -2.13. The molecule has 1 N–H and O–H groups in total. The fourth-order valence-electron chi connectivity index (χ4n) is 2.53. The molecule has 0 saturated heterocycles. The summed E-state index contributed by atoms with van der Waals surface area (Å²) >= 11 is 18.4. The fourth-order valence-corrected chi connectivity index (χ4v) is 3.17. The molecule has 3 aromatic carbocycles. The minimum absolute atomic E-state index is 0.260. The molecule has 1 amide bonds. The molecule has 0 atom stereocenters. The molecule has 0 heterocycles. The van der Waals surface area contributed by atoms with Crippen molar-refractivity contribution in [3.63, 3.8) is 0 Å². The Morgan fingerprint density at radius 2 is 1.71 bits per heavy atom. The number of methoxy groups -OCH3 is 1. The van der Waals surface area contributed by atoms with Crippen LogP contribution in [-0.2, 0) is 6.61 Å². The third kappa shape index (κ3) is 4.71. The highest BCUT2D eigenvalue weighted by atomic mass is 35.5. The summed E-state index contributed by atoms with van der Waals surface area (Å²) in [5, 5.41) is 3.59. The molecule has 3 aromatic rings. The molecule has 0 spiro atoms. The third-order valence-corrected chi connectivity index (χ3v) is 5.01. The molecule has 4 nitrogen and oxygen atoms in total. The van der Waals surface area contributed by atoms with E-state index in [2.05, 4.69) is 5.32 Å². The maximum Gasteiger partial charge on any atom is 0.255 e. The zero-order valence-corrected chi connectivity index (χ0v) is 17.1. The highest BCUT2D eigenvalue weighted by molar-refractivity contribution is 6.44. The maximum atomic E-state index is 12.7. The normalized spacial score (nSPS) is 10.4. The Morgan fingerprint density at radius 3 is 2.43 bits per heavy atom. The molecule has 0 aliphatic heterocycles. The number of anilines is 1. The minimum Gasteiger partial charge on any atom is -0.491 e. The largest absolute Gasteiger partial charge is 0.491 e. The number of hydrogen-bond acceptors (Lipinski definition) is 3. The lowest BCUT2D eigenvalue weighted by molar-refractivity contribution is 0.102. The number of nitrogens with one attached hydrogen (secondary N) is 1. The highest BCUT2D eigenvalue weighted by Crippen LogP contribution is 2.37. The van der Waals surface area contributed by atoms with Gasteiger partial charge in [0.2, 0.25) is 0 Å². The first-order valence-electron chi connectivity index (χ1n) is 8.29. The Bertz CT molecular complexity index is 994. The predicted octanol–water partition coefficient (Wildman–Crippen LogP) is 6.49. The van der Waals surface area contributed by atoms with Crippen molar-refractivity contribution < 1.29 is 14.3 Å². The first kappa shape index (κ1) is 20.3. The second kappa shape index (κ2) is 9.20. The van der Waals surface area contributed by atoms with Gasteiger partial charge in [0.25, 0.3) is 5.91 Å². The fraction of sp³-hybridized carbons (Fsp3) is 0.0952. The first-order valence-corrected chi connectivity index (χ1v) is 9.42. The number of benzene rings is 3. The van der Waals surface area contributed by atoms with Crippen LogP contribution in [-0.4, -0.2) is 13.0 Å². The zero-order chi connectivity index (χ0) is 20.1. The molecule has 0 radical (unpaired) electrons. The number of carbonyl (C=O) groups excluding carboxylic acids is 1. The summed E-state index contributed by atoms with van der Waals surface area (Å²) < 4.78 is 11.2. The van der Waals surface area contributed by atoms with E-state index in [1.165, 1.54) is 13.2 Å². The molecule has 7 heteroatoms. The summed E-state index contributed by atoms with van der Waals surface area (Å²) in [7, 11) is 1.49. The average molecular weight is 437 g/mol. The second-order valence-corrected chi connectivity index (χ2v) is 7.01. The van der Waals surface area contributed by atoms with Gasteiger partial charge >= 0.3 is 0 Å². The summed E-state index contributed by atoms with van der Waals surface area (Å²) in [5.74, 6) is 0.314. The van der Waals surface area contributed by atoms with Gasteiger partial charge in [0.05, 0.1) is 27.9 Å². The molecule has 0 aromatic heterocycles. The van der Waals surface area contributed by atoms with Crippen LogP contribution in [0.15, 0.2) is 60.7 Å². The summed E-state index contributed by atoms with van der Waals surface area (Å²) in [6.45, 7) is 0.304. The first-order chi connectivity index (χ1) is 13.5. The molecule has 144 valence electrons. The van der Waals surface area contributed by atoms with Gasteiger partial charge < -0.3 is 14.8 Å². The molecular formula is C21H16Cl3NO3. The molecule has 0 fully saturated rings. The number of amides is 1. The monoisotopic (exact) mass is 435 g/mol. The van der Waals surface area contributed by atoms with E-state index in [1.807, 2.05) is 30.3 Å². The molecule has 28 heavy (non-hydrogen) atoms. The standard InChI is InChI=1S/C21H16Cl3NO3/c1-27-20-16(23)10-14(11-18(20)28-12-13-6-3-2-4-7-13)21(26)25-17-9-5-8-15(22)19(17)24/h2-11H,12H2,1H3,(H,25,26). The average Bonchev–Trinajstić information content (AvgIpc) is 2.70. The van der Waals surface area contributed by atoms with Crippen LogP contribution in [0, 0.1) is 0 Å². The van der Waals surface area contributed by atoms with Crippen molar-refractivity contribution in [2.75, 3.05) is 12.4 Å². The van der Waals surface area contributed by atoms with Crippen LogP contribution in [0.25, 0.3) is 0 Å². The molecule has 0 aliphatic rings. The van der Waals surface area contributed by atoms with Gasteiger partial charge in [-0.1, -0.05) is 71.2 Å². The van der Waals surface area contributed by atoms with Crippen LogP contribution in [0.2, 0.25) is 15.1 Å². The summed E-state index contributed by atoms with van der Waals surface area (Å²) in [6.07, 6.45) is 0. The van der Waals surface area contributed by atoms with Crippen LogP contribution in [0.3, 0.4) is 0 Å². The van der Waals surface area contributed by atoms with Gasteiger partial charge in [-0.25, -0.2) is 0 Å². The Labute approximate surface area is 177 Å². The SMILES string of the molecule is COc1c(Cl)cc(C(=O)Nc2cccc(Cl)c2Cl)cc1OCc1ccccc1. The molecule has 0 aliphatic carbocycles. The predicted molar refractivity (Wildman–Crippen MR) is 113 cm³/mol. The van der Waals surface area contributed by atoms with Crippen molar-refractivity contribution in [2.24, 2.45) is 0 Å². The second-order valence-electron chi connectivity index (χ2n) is 5.82. The molecule has 3 rings (SSSR count). The number of carbonyl (C=O) groups is 1. The van der Waals surface area contributed by atoms with E-state index in [-0.39, 0.29) is 10.0 Å². The number of halogens is 3. The van der Waals surface area contributed by atoms with Gasteiger partial charge in [-0.15, -0.1) is 0 Å². The van der Waals surface area contributed by atoms with Crippen LogP contribution in [0.4, 0.5) is 5.69 Å². The maximum absolute atomic E-state index is 12.7. The summed E-state index contributed by atoms with van der Waals surface area (Å²) in [4.78, 5) is 12.7.